The van der Waals surface area contributed by atoms with Crippen LogP contribution in [0.3, 0.4) is 0 Å². The molecule has 1 heterocycles. The van der Waals surface area contributed by atoms with Crippen molar-refractivity contribution in [3.05, 3.63) is 91.1 Å². The van der Waals surface area contributed by atoms with E-state index in [-0.39, 0.29) is 24.0 Å². The first kappa shape index (κ1) is 20.5. The van der Waals surface area contributed by atoms with Gasteiger partial charge in [-0.05, 0) is 35.2 Å². The Kier molecular flexibility index (Phi) is 6.26. The molecule has 0 spiro atoms. The van der Waals surface area contributed by atoms with Crippen LogP contribution in [0.4, 0.5) is 11.4 Å². The summed E-state index contributed by atoms with van der Waals surface area (Å²) in [5.74, 6) is -0.653. The number of thiophene rings is 1. The van der Waals surface area contributed by atoms with Gasteiger partial charge in [0, 0.05) is 30.7 Å². The highest BCUT2D eigenvalue weighted by molar-refractivity contribution is 7.12. The Bertz CT molecular complexity index is 1070. The lowest BCUT2D eigenvalue weighted by molar-refractivity contribution is -0.384. The fraction of sp³-hybridized carbons (Fsp3) is 0.100. The van der Waals surface area contributed by atoms with Gasteiger partial charge in [0.1, 0.15) is 0 Å². The van der Waals surface area contributed by atoms with E-state index in [9.17, 15) is 19.7 Å². The van der Waals surface area contributed by atoms with Crippen molar-refractivity contribution in [2.75, 3.05) is 12.4 Å². The molecule has 3 rings (SSSR count). The Morgan fingerprint density at radius 1 is 1.17 bits per heavy atom. The summed E-state index contributed by atoms with van der Waals surface area (Å²) in [5.41, 5.74) is 1.04. The van der Waals surface area contributed by atoms with Crippen molar-refractivity contribution >= 4 is 46.1 Å². The number of carbonyl (C=O) groups excluding carboxylic acids is 2. The normalized spacial score (nSPS) is 10.4. The lowest BCUT2D eigenvalue weighted by Gasteiger charge is -2.20. The molecule has 0 saturated carbocycles. The first-order chi connectivity index (χ1) is 13.9. The molecule has 0 aliphatic heterocycles. The molecule has 0 unspecified atom stereocenters. The number of carbonyl (C=O) groups is 2. The fourth-order valence-corrected chi connectivity index (χ4v) is 3.50. The summed E-state index contributed by atoms with van der Waals surface area (Å²) in [7, 11) is 1.56. The standard InChI is InChI=1S/C20H16ClN3O4S/c1-23(12-13-11-14(24(27)28)8-9-16(13)21)20(26)15-5-2-3-6-17(15)22-19(25)18-7-4-10-29-18/h2-11H,12H2,1H3,(H,22,25). The molecule has 7 nitrogen and oxygen atoms in total. The number of rotatable bonds is 6. The molecule has 2 amide bonds. The monoisotopic (exact) mass is 429 g/mol. The van der Waals surface area contributed by atoms with Crippen LogP contribution in [-0.2, 0) is 6.54 Å². The van der Waals surface area contributed by atoms with Gasteiger partial charge in [0.05, 0.1) is 21.1 Å². The number of para-hydroxylation sites is 1. The third-order valence-corrected chi connectivity index (χ3v) is 5.38. The third-order valence-electron chi connectivity index (χ3n) is 4.14. The van der Waals surface area contributed by atoms with Crippen LogP contribution in [0, 0.1) is 10.1 Å². The number of nitrogens with one attached hydrogen (secondary N) is 1. The van der Waals surface area contributed by atoms with Crippen LogP contribution in [0.15, 0.2) is 60.0 Å². The molecular weight excluding hydrogens is 414 g/mol. The molecule has 1 N–H and O–H groups in total. The van der Waals surface area contributed by atoms with E-state index in [2.05, 4.69) is 5.32 Å². The summed E-state index contributed by atoms with van der Waals surface area (Å²) >= 11 is 7.44. The van der Waals surface area contributed by atoms with Gasteiger partial charge in [-0.1, -0.05) is 29.8 Å². The zero-order valence-corrected chi connectivity index (χ0v) is 16.9. The zero-order chi connectivity index (χ0) is 21.0. The maximum atomic E-state index is 13.0. The van der Waals surface area contributed by atoms with Crippen LogP contribution in [0.5, 0.6) is 0 Å². The van der Waals surface area contributed by atoms with E-state index in [1.54, 1.807) is 48.8 Å². The summed E-state index contributed by atoms with van der Waals surface area (Å²) in [6.45, 7) is 0.0759. The van der Waals surface area contributed by atoms with Crippen molar-refractivity contribution in [1.29, 1.82) is 0 Å². The number of nitrogens with zero attached hydrogens (tertiary/aromatic N) is 2. The molecule has 0 radical (unpaired) electrons. The van der Waals surface area contributed by atoms with Crippen molar-refractivity contribution in [3.63, 3.8) is 0 Å². The highest BCUT2D eigenvalue weighted by Gasteiger charge is 2.19. The summed E-state index contributed by atoms with van der Waals surface area (Å²) < 4.78 is 0. The number of hydrogen-bond donors (Lipinski definition) is 1. The number of anilines is 1. The predicted molar refractivity (Wildman–Crippen MR) is 113 cm³/mol. The van der Waals surface area contributed by atoms with E-state index in [1.807, 2.05) is 0 Å². The average Bonchev–Trinajstić information content (AvgIpc) is 3.24. The lowest BCUT2D eigenvalue weighted by Crippen LogP contribution is -2.27. The first-order valence-electron chi connectivity index (χ1n) is 8.49. The number of nitro benzene ring substituents is 1. The Labute approximate surface area is 175 Å². The highest BCUT2D eigenvalue weighted by Crippen LogP contribution is 2.25. The summed E-state index contributed by atoms with van der Waals surface area (Å²) in [5, 5.41) is 15.9. The first-order valence-corrected chi connectivity index (χ1v) is 9.74. The van der Waals surface area contributed by atoms with Crippen molar-refractivity contribution in [1.82, 2.24) is 4.90 Å². The average molecular weight is 430 g/mol. The van der Waals surface area contributed by atoms with Crippen LogP contribution in [0.25, 0.3) is 0 Å². The maximum Gasteiger partial charge on any atom is 0.269 e. The van der Waals surface area contributed by atoms with E-state index in [4.69, 9.17) is 11.6 Å². The Hall–Kier alpha value is -3.23. The lowest BCUT2D eigenvalue weighted by atomic mass is 10.1. The number of nitro groups is 1. The number of non-ortho nitro benzene ring substituents is 1. The van der Waals surface area contributed by atoms with Crippen LogP contribution >= 0.6 is 22.9 Å². The third kappa shape index (κ3) is 4.79. The second kappa shape index (κ2) is 8.85. The Morgan fingerprint density at radius 2 is 1.93 bits per heavy atom. The van der Waals surface area contributed by atoms with Gasteiger partial charge in [-0.15, -0.1) is 11.3 Å². The van der Waals surface area contributed by atoms with Gasteiger partial charge in [0.2, 0.25) is 0 Å². The van der Waals surface area contributed by atoms with E-state index in [0.29, 0.717) is 26.7 Å². The SMILES string of the molecule is CN(Cc1cc([N+](=O)[O-])ccc1Cl)C(=O)c1ccccc1NC(=O)c1cccs1. The second-order valence-corrected chi connectivity index (χ2v) is 7.53. The molecule has 0 saturated heterocycles. The molecular formula is C20H16ClN3O4S. The minimum absolute atomic E-state index is 0.0759. The van der Waals surface area contributed by atoms with Gasteiger partial charge in [0.15, 0.2) is 0 Å². The number of amides is 2. The molecule has 0 atom stereocenters. The van der Waals surface area contributed by atoms with Crippen molar-refractivity contribution in [3.8, 4) is 0 Å². The van der Waals surface area contributed by atoms with Crippen molar-refractivity contribution < 1.29 is 14.5 Å². The van der Waals surface area contributed by atoms with Crippen LogP contribution in [0.2, 0.25) is 5.02 Å². The molecule has 29 heavy (non-hydrogen) atoms. The molecule has 1 aromatic heterocycles. The molecule has 3 aromatic rings. The van der Waals surface area contributed by atoms with Gasteiger partial charge in [-0.25, -0.2) is 0 Å². The molecule has 0 bridgehead atoms. The minimum atomic E-state index is -0.517. The Balaban J connectivity index is 1.81. The van der Waals surface area contributed by atoms with Crippen LogP contribution < -0.4 is 5.32 Å². The van der Waals surface area contributed by atoms with Crippen LogP contribution in [0.1, 0.15) is 25.6 Å². The largest absolute Gasteiger partial charge is 0.337 e. The topological polar surface area (TPSA) is 92.5 Å². The smallest absolute Gasteiger partial charge is 0.269 e. The van der Waals surface area contributed by atoms with Crippen LogP contribution in [-0.4, -0.2) is 28.7 Å². The van der Waals surface area contributed by atoms with E-state index < -0.39 is 4.92 Å². The molecule has 0 aliphatic rings. The zero-order valence-electron chi connectivity index (χ0n) is 15.3. The minimum Gasteiger partial charge on any atom is -0.337 e. The van der Waals surface area contributed by atoms with Gasteiger partial charge >= 0.3 is 0 Å². The second-order valence-electron chi connectivity index (χ2n) is 6.17. The predicted octanol–water partition coefficient (Wildman–Crippen LogP) is 4.83. The van der Waals surface area contributed by atoms with Crippen molar-refractivity contribution in [2.45, 2.75) is 6.54 Å². The summed E-state index contributed by atoms with van der Waals surface area (Å²) in [6, 6.07) is 14.2. The molecule has 0 aliphatic carbocycles. The molecule has 148 valence electrons. The summed E-state index contributed by atoms with van der Waals surface area (Å²) in [6.07, 6.45) is 0. The van der Waals surface area contributed by atoms with E-state index >= 15 is 0 Å². The number of benzene rings is 2. The van der Waals surface area contributed by atoms with E-state index in [1.165, 1.54) is 34.4 Å². The fourth-order valence-electron chi connectivity index (χ4n) is 2.70. The van der Waals surface area contributed by atoms with Gasteiger partial charge in [-0.2, -0.15) is 0 Å². The number of hydrogen-bond acceptors (Lipinski definition) is 5. The maximum absolute atomic E-state index is 13.0. The summed E-state index contributed by atoms with van der Waals surface area (Å²) in [4.78, 5) is 37.7. The van der Waals surface area contributed by atoms with Crippen molar-refractivity contribution in [2.24, 2.45) is 0 Å². The van der Waals surface area contributed by atoms with Gasteiger partial charge in [-0.3, -0.25) is 19.7 Å². The number of halogens is 1. The molecule has 2 aromatic carbocycles. The Morgan fingerprint density at radius 3 is 2.62 bits per heavy atom. The molecule has 9 heteroatoms. The van der Waals surface area contributed by atoms with Gasteiger partial charge < -0.3 is 10.2 Å². The van der Waals surface area contributed by atoms with E-state index in [0.717, 1.165) is 0 Å². The molecule has 0 fully saturated rings. The quantitative estimate of drug-likeness (QED) is 0.448. The highest BCUT2D eigenvalue weighted by atomic mass is 35.5. The van der Waals surface area contributed by atoms with Gasteiger partial charge in [0.25, 0.3) is 17.5 Å².